The number of carbonyl (C=O) groups is 1. The Kier molecular flexibility index (Phi) is 10.6. The number of anilines is 2. The van der Waals surface area contributed by atoms with Crippen molar-refractivity contribution in [2.75, 3.05) is 24.3 Å². The SMILES string of the molecule is CCC(=CN=CCN)c1cc(COc2ccc(NC(=O)Nc3cc(C(C)(C)C)nn3-c3ccc(C)c(OC)c3)c3ccccc23)ccn1. The molecule has 5 aromatic rings. The van der Waals surface area contributed by atoms with E-state index in [9.17, 15) is 4.79 Å². The molecule has 0 bridgehead atoms. The van der Waals surface area contributed by atoms with Crippen molar-refractivity contribution >= 4 is 40.1 Å². The van der Waals surface area contributed by atoms with E-state index in [-0.39, 0.29) is 5.41 Å². The monoisotopic (exact) mass is 645 g/mol. The van der Waals surface area contributed by atoms with E-state index in [2.05, 4.69) is 48.3 Å². The lowest BCUT2D eigenvalue weighted by Crippen LogP contribution is -2.21. The van der Waals surface area contributed by atoms with Crippen LogP contribution in [0.3, 0.4) is 0 Å². The first-order valence-electron chi connectivity index (χ1n) is 16.0. The third-order valence-corrected chi connectivity index (χ3v) is 7.86. The predicted octanol–water partition coefficient (Wildman–Crippen LogP) is 8.04. The largest absolute Gasteiger partial charge is 0.496 e. The number of benzene rings is 3. The molecule has 0 aliphatic heterocycles. The second-order valence-electron chi connectivity index (χ2n) is 12.4. The summed E-state index contributed by atoms with van der Waals surface area (Å²) in [5.74, 6) is 1.98. The second kappa shape index (κ2) is 15.0. The molecule has 2 aromatic heterocycles. The van der Waals surface area contributed by atoms with Crippen LogP contribution in [0.5, 0.6) is 11.5 Å². The lowest BCUT2D eigenvalue weighted by Gasteiger charge is -2.15. The second-order valence-corrected chi connectivity index (χ2v) is 12.4. The van der Waals surface area contributed by atoms with Crippen molar-refractivity contribution in [3.63, 3.8) is 0 Å². The molecule has 0 aliphatic rings. The number of nitrogens with two attached hydrogens (primary N) is 1. The zero-order valence-corrected chi connectivity index (χ0v) is 28.4. The zero-order chi connectivity index (χ0) is 34.3. The molecule has 0 radical (unpaired) electrons. The molecule has 0 unspecified atom stereocenters. The number of nitrogens with one attached hydrogen (secondary N) is 2. The molecule has 0 aliphatic carbocycles. The quantitative estimate of drug-likeness (QED) is 0.125. The van der Waals surface area contributed by atoms with E-state index in [0.29, 0.717) is 30.4 Å². The third-order valence-electron chi connectivity index (χ3n) is 7.86. The molecule has 10 nitrogen and oxygen atoms in total. The number of amides is 2. The molecule has 48 heavy (non-hydrogen) atoms. The molecule has 3 aromatic carbocycles. The number of aromatic nitrogens is 3. The molecular formula is C38H43N7O3. The molecule has 2 heterocycles. The van der Waals surface area contributed by atoms with Gasteiger partial charge in [-0.3, -0.25) is 15.3 Å². The van der Waals surface area contributed by atoms with Gasteiger partial charge in [-0.25, -0.2) is 9.48 Å². The van der Waals surface area contributed by atoms with Crippen LogP contribution in [0.25, 0.3) is 22.0 Å². The van der Waals surface area contributed by atoms with Crippen LogP contribution < -0.4 is 25.8 Å². The van der Waals surface area contributed by atoms with Crippen LogP contribution in [0.2, 0.25) is 0 Å². The predicted molar refractivity (Wildman–Crippen MR) is 195 cm³/mol. The summed E-state index contributed by atoms with van der Waals surface area (Å²) < 4.78 is 13.6. The van der Waals surface area contributed by atoms with E-state index < -0.39 is 6.03 Å². The number of aryl methyl sites for hydroxylation is 1. The van der Waals surface area contributed by atoms with E-state index >= 15 is 0 Å². The highest BCUT2D eigenvalue weighted by molar-refractivity contribution is 6.07. The number of aliphatic imine (C=N–C) groups is 1. The first kappa shape index (κ1) is 33.9. The molecule has 4 N–H and O–H groups in total. The Bertz CT molecular complexity index is 1970. The number of allylic oxidation sites excluding steroid dienone is 1. The van der Waals surface area contributed by atoms with Gasteiger partial charge in [0.25, 0.3) is 0 Å². The number of hydrogen-bond acceptors (Lipinski definition) is 7. The maximum Gasteiger partial charge on any atom is 0.324 e. The fourth-order valence-electron chi connectivity index (χ4n) is 5.19. The van der Waals surface area contributed by atoms with Gasteiger partial charge < -0.3 is 20.5 Å². The Morgan fingerprint density at radius 1 is 1.00 bits per heavy atom. The highest BCUT2D eigenvalue weighted by atomic mass is 16.5. The molecule has 248 valence electrons. The molecule has 10 heteroatoms. The van der Waals surface area contributed by atoms with Crippen LogP contribution in [-0.2, 0) is 12.0 Å². The number of carbonyl (C=O) groups excluding carboxylic acids is 1. The molecule has 0 fully saturated rings. The normalized spacial score (nSPS) is 12.0. The molecule has 0 atom stereocenters. The standard InChI is InChI=1S/C38H43N7O3/c1-7-27(23-40-19-17-39)32-20-26(16-18-41-32)24-48-33-15-14-31(29-10-8-9-11-30(29)33)42-37(46)43-36-22-35(38(3,4)5)44-45(36)28-13-12-25(2)34(21-28)47-6/h8-16,18-23H,7,17,24,39H2,1-6H3,(H2,42,43,46). The number of nitrogens with zero attached hydrogens (tertiary/aromatic N) is 4. The first-order valence-corrected chi connectivity index (χ1v) is 16.0. The molecule has 0 spiro atoms. The van der Waals surface area contributed by atoms with Crippen molar-refractivity contribution in [3.8, 4) is 17.2 Å². The van der Waals surface area contributed by atoms with E-state index in [4.69, 9.17) is 20.3 Å². The minimum absolute atomic E-state index is 0.231. The fourth-order valence-corrected chi connectivity index (χ4v) is 5.19. The van der Waals surface area contributed by atoms with Gasteiger partial charge in [0.1, 0.15) is 23.9 Å². The van der Waals surface area contributed by atoms with Gasteiger partial charge in [-0.1, -0.05) is 58.0 Å². The lowest BCUT2D eigenvalue weighted by molar-refractivity contribution is 0.262. The van der Waals surface area contributed by atoms with Gasteiger partial charge in [0.15, 0.2) is 0 Å². The highest BCUT2D eigenvalue weighted by Gasteiger charge is 2.22. The van der Waals surface area contributed by atoms with E-state index in [1.54, 1.807) is 30.4 Å². The summed E-state index contributed by atoms with van der Waals surface area (Å²) >= 11 is 0. The van der Waals surface area contributed by atoms with Crippen LogP contribution in [-0.4, -0.2) is 40.7 Å². The number of pyridine rings is 1. The minimum atomic E-state index is -0.394. The van der Waals surface area contributed by atoms with Gasteiger partial charge in [-0.15, -0.1) is 0 Å². The van der Waals surface area contributed by atoms with E-state index in [0.717, 1.165) is 56.7 Å². The van der Waals surface area contributed by atoms with E-state index in [1.165, 1.54) is 0 Å². The van der Waals surface area contributed by atoms with Crippen LogP contribution in [0.1, 0.15) is 56.6 Å². The lowest BCUT2D eigenvalue weighted by atomic mass is 9.92. The van der Waals surface area contributed by atoms with Crippen molar-refractivity contribution in [1.29, 1.82) is 0 Å². The van der Waals surface area contributed by atoms with Gasteiger partial charge in [0.05, 0.1) is 29.9 Å². The average molecular weight is 646 g/mol. The summed E-state index contributed by atoms with van der Waals surface area (Å²) in [6.45, 7) is 11.0. The third kappa shape index (κ3) is 7.90. The van der Waals surface area contributed by atoms with E-state index in [1.807, 2.05) is 79.7 Å². The number of fused-ring (bicyclic) bond motifs is 1. The van der Waals surface area contributed by atoms with Gasteiger partial charge >= 0.3 is 6.03 Å². The number of hydrogen-bond donors (Lipinski definition) is 3. The summed E-state index contributed by atoms with van der Waals surface area (Å²) in [5.41, 5.74) is 11.4. The number of methoxy groups -OCH3 is 1. The Labute approximate surface area is 281 Å². The topological polar surface area (TPSA) is 129 Å². The van der Waals surface area contributed by atoms with Gasteiger partial charge in [0.2, 0.25) is 0 Å². The highest BCUT2D eigenvalue weighted by Crippen LogP contribution is 2.33. The summed E-state index contributed by atoms with van der Waals surface area (Å²) in [6, 6.07) is 22.8. The van der Waals surface area contributed by atoms with Crippen LogP contribution in [0.4, 0.5) is 16.3 Å². The molecule has 0 saturated heterocycles. The van der Waals surface area contributed by atoms with Crippen LogP contribution >= 0.6 is 0 Å². The molecule has 0 saturated carbocycles. The number of rotatable bonds is 11. The maximum absolute atomic E-state index is 13.5. The summed E-state index contributed by atoms with van der Waals surface area (Å²) in [5, 5.41) is 12.6. The van der Waals surface area contributed by atoms with Crippen LogP contribution in [0.15, 0.2) is 90.2 Å². The van der Waals surface area contributed by atoms with Crippen molar-refractivity contribution < 1.29 is 14.3 Å². The average Bonchev–Trinajstić information content (AvgIpc) is 3.51. The Hall–Kier alpha value is -5.48. The Morgan fingerprint density at radius 2 is 1.79 bits per heavy atom. The van der Waals surface area contributed by atoms with Gasteiger partial charge in [-0.2, -0.15) is 5.10 Å². The molecule has 2 amide bonds. The van der Waals surface area contributed by atoms with Gasteiger partial charge in [0, 0.05) is 53.5 Å². The van der Waals surface area contributed by atoms with Crippen molar-refractivity contribution in [1.82, 2.24) is 14.8 Å². The molecular weight excluding hydrogens is 602 g/mol. The van der Waals surface area contributed by atoms with Crippen molar-refractivity contribution in [3.05, 3.63) is 108 Å². The van der Waals surface area contributed by atoms with Crippen molar-refractivity contribution in [2.45, 2.75) is 53.1 Å². The fraction of sp³-hybridized carbons (Fsp3) is 0.263. The maximum atomic E-state index is 13.5. The smallest absolute Gasteiger partial charge is 0.324 e. The summed E-state index contributed by atoms with van der Waals surface area (Å²) in [4.78, 5) is 22.3. The Balaban J connectivity index is 1.36. The first-order chi connectivity index (χ1) is 23.1. The minimum Gasteiger partial charge on any atom is -0.496 e. The number of urea groups is 1. The Morgan fingerprint density at radius 3 is 2.52 bits per heavy atom. The summed E-state index contributed by atoms with van der Waals surface area (Å²) in [6.07, 6.45) is 6.02. The summed E-state index contributed by atoms with van der Waals surface area (Å²) in [7, 11) is 1.64. The van der Waals surface area contributed by atoms with Crippen LogP contribution in [0, 0.1) is 6.92 Å². The van der Waals surface area contributed by atoms with Crippen molar-refractivity contribution in [2.24, 2.45) is 10.7 Å². The zero-order valence-electron chi connectivity index (χ0n) is 28.4. The number of ether oxygens (including phenoxy) is 2. The molecule has 5 rings (SSSR count). The van der Waals surface area contributed by atoms with Gasteiger partial charge in [-0.05, 0) is 60.4 Å².